The lowest BCUT2D eigenvalue weighted by molar-refractivity contribution is -0.139. The summed E-state index contributed by atoms with van der Waals surface area (Å²) in [5, 5.41) is 5.07. The molecule has 0 fully saturated rings. The van der Waals surface area contributed by atoms with Crippen molar-refractivity contribution in [2.45, 2.75) is 26.3 Å². The predicted octanol–water partition coefficient (Wildman–Crippen LogP) is 2.41. The Hall–Kier alpha value is -2.37. The fraction of sp³-hybridized carbons (Fsp3) is 0.333. The first-order valence-corrected chi connectivity index (χ1v) is 6.74. The number of nitrogens with one attached hydrogen (secondary N) is 2. The van der Waals surface area contributed by atoms with Crippen LogP contribution in [0.4, 0.5) is 9.18 Å². The van der Waals surface area contributed by atoms with Gasteiger partial charge in [-0.05, 0) is 19.4 Å². The lowest BCUT2D eigenvalue weighted by Gasteiger charge is -2.28. The number of ether oxygens (including phenoxy) is 1. The summed E-state index contributed by atoms with van der Waals surface area (Å²) >= 11 is 0. The molecule has 112 valence electrons. The highest BCUT2D eigenvalue weighted by molar-refractivity contribution is 5.95. The minimum atomic E-state index is -0.857. The number of carbonyl (C=O) groups is 2. The van der Waals surface area contributed by atoms with Gasteiger partial charge >= 0.3 is 12.0 Å². The van der Waals surface area contributed by atoms with E-state index in [2.05, 4.69) is 10.6 Å². The molecule has 0 aromatic heterocycles. The summed E-state index contributed by atoms with van der Waals surface area (Å²) < 4.78 is 19.1. The highest BCUT2D eigenvalue weighted by Crippen LogP contribution is 2.29. The Balaban J connectivity index is 2.41. The molecule has 21 heavy (non-hydrogen) atoms. The van der Waals surface area contributed by atoms with Crippen LogP contribution in [0.1, 0.15) is 31.9 Å². The molecule has 1 aliphatic heterocycles. The van der Waals surface area contributed by atoms with E-state index in [4.69, 9.17) is 4.74 Å². The Labute approximate surface area is 122 Å². The molecule has 1 aromatic carbocycles. The highest BCUT2D eigenvalue weighted by atomic mass is 19.1. The highest BCUT2D eigenvalue weighted by Gasteiger charge is 2.33. The number of rotatable bonds is 4. The summed E-state index contributed by atoms with van der Waals surface area (Å²) in [5.41, 5.74) is 0.816. The number of hydrogen-bond donors (Lipinski definition) is 2. The van der Waals surface area contributed by atoms with Crippen molar-refractivity contribution >= 4 is 12.0 Å². The molecule has 0 saturated heterocycles. The minimum absolute atomic E-state index is 0.216. The van der Waals surface area contributed by atoms with E-state index in [0.29, 0.717) is 12.1 Å². The van der Waals surface area contributed by atoms with Crippen molar-refractivity contribution < 1.29 is 18.7 Å². The van der Waals surface area contributed by atoms with Crippen molar-refractivity contribution in [3.8, 4) is 0 Å². The minimum Gasteiger partial charge on any atom is -0.462 e. The monoisotopic (exact) mass is 292 g/mol. The van der Waals surface area contributed by atoms with Crippen molar-refractivity contribution in [1.29, 1.82) is 0 Å². The van der Waals surface area contributed by atoms with Crippen LogP contribution in [0.15, 0.2) is 35.5 Å². The summed E-state index contributed by atoms with van der Waals surface area (Å²) in [5.74, 6) is -1.05. The maximum Gasteiger partial charge on any atom is 0.338 e. The lowest BCUT2D eigenvalue weighted by atomic mass is 9.95. The predicted molar refractivity (Wildman–Crippen MR) is 74.8 cm³/mol. The number of halogens is 1. The molecular weight excluding hydrogens is 275 g/mol. The quantitative estimate of drug-likeness (QED) is 0.837. The number of amides is 2. The average molecular weight is 292 g/mol. The third-order valence-electron chi connectivity index (χ3n) is 3.14. The molecule has 0 bridgehead atoms. The second kappa shape index (κ2) is 6.39. The molecule has 2 N–H and O–H groups in total. The summed E-state index contributed by atoms with van der Waals surface area (Å²) in [6.07, 6.45) is 0.683. The van der Waals surface area contributed by atoms with Gasteiger partial charge in [0, 0.05) is 11.3 Å². The molecule has 1 aromatic rings. The second-order valence-electron chi connectivity index (χ2n) is 4.73. The van der Waals surface area contributed by atoms with Crippen LogP contribution in [0.25, 0.3) is 0 Å². The molecule has 1 aliphatic rings. The smallest absolute Gasteiger partial charge is 0.338 e. The molecular formula is C15H17FN2O3. The van der Waals surface area contributed by atoms with Crippen LogP contribution in [0.2, 0.25) is 0 Å². The van der Waals surface area contributed by atoms with Gasteiger partial charge < -0.3 is 15.4 Å². The average Bonchev–Trinajstić information content (AvgIpc) is 2.44. The van der Waals surface area contributed by atoms with Crippen LogP contribution in [-0.2, 0) is 9.53 Å². The van der Waals surface area contributed by atoms with Gasteiger partial charge in [0.05, 0.1) is 18.2 Å². The molecule has 0 saturated carbocycles. The summed E-state index contributed by atoms with van der Waals surface area (Å²) in [7, 11) is 0. The SMILES string of the molecule is CCCOC(=O)C1=C(C)NC(=O)NC1c1ccccc1F. The van der Waals surface area contributed by atoms with E-state index < -0.39 is 23.9 Å². The number of urea groups is 1. The van der Waals surface area contributed by atoms with Gasteiger partial charge in [0.15, 0.2) is 0 Å². The van der Waals surface area contributed by atoms with Gasteiger partial charge in [-0.25, -0.2) is 14.0 Å². The third kappa shape index (κ3) is 3.21. The molecule has 1 heterocycles. The first kappa shape index (κ1) is 15.0. The molecule has 0 spiro atoms. The van der Waals surface area contributed by atoms with Crippen molar-refractivity contribution in [3.63, 3.8) is 0 Å². The Bertz CT molecular complexity index is 598. The zero-order valence-electron chi connectivity index (χ0n) is 11.9. The Morgan fingerprint density at radius 3 is 2.76 bits per heavy atom. The Morgan fingerprint density at radius 2 is 2.10 bits per heavy atom. The second-order valence-corrected chi connectivity index (χ2v) is 4.73. The van der Waals surface area contributed by atoms with Crippen LogP contribution in [-0.4, -0.2) is 18.6 Å². The van der Waals surface area contributed by atoms with Gasteiger partial charge in [0.1, 0.15) is 5.82 Å². The topological polar surface area (TPSA) is 67.4 Å². The van der Waals surface area contributed by atoms with E-state index in [1.54, 1.807) is 19.1 Å². The Kier molecular flexibility index (Phi) is 4.57. The van der Waals surface area contributed by atoms with Gasteiger partial charge in [-0.3, -0.25) is 0 Å². The third-order valence-corrected chi connectivity index (χ3v) is 3.14. The molecule has 5 nitrogen and oxygen atoms in total. The number of hydrogen-bond acceptors (Lipinski definition) is 3. The molecule has 0 radical (unpaired) electrons. The van der Waals surface area contributed by atoms with E-state index in [9.17, 15) is 14.0 Å². The lowest BCUT2D eigenvalue weighted by Crippen LogP contribution is -2.45. The summed E-state index contributed by atoms with van der Waals surface area (Å²) in [4.78, 5) is 23.8. The Morgan fingerprint density at radius 1 is 1.38 bits per heavy atom. The van der Waals surface area contributed by atoms with Crippen molar-refractivity contribution in [2.24, 2.45) is 0 Å². The molecule has 6 heteroatoms. The zero-order valence-corrected chi connectivity index (χ0v) is 11.9. The van der Waals surface area contributed by atoms with E-state index in [1.165, 1.54) is 12.1 Å². The summed E-state index contributed by atoms with van der Waals surface area (Å²) in [6, 6.07) is 4.68. The molecule has 1 unspecified atom stereocenters. The van der Waals surface area contributed by atoms with E-state index in [1.807, 2.05) is 6.92 Å². The van der Waals surface area contributed by atoms with E-state index in [-0.39, 0.29) is 17.7 Å². The van der Waals surface area contributed by atoms with Crippen LogP contribution in [0.5, 0.6) is 0 Å². The number of esters is 1. The van der Waals surface area contributed by atoms with Crippen LogP contribution < -0.4 is 10.6 Å². The summed E-state index contributed by atoms with van der Waals surface area (Å²) in [6.45, 7) is 3.74. The first-order valence-electron chi connectivity index (χ1n) is 6.74. The number of benzene rings is 1. The fourth-order valence-electron chi connectivity index (χ4n) is 2.18. The van der Waals surface area contributed by atoms with Crippen LogP contribution >= 0.6 is 0 Å². The van der Waals surface area contributed by atoms with Crippen molar-refractivity contribution in [2.75, 3.05) is 6.61 Å². The molecule has 1 atom stereocenters. The van der Waals surface area contributed by atoms with Crippen LogP contribution in [0.3, 0.4) is 0 Å². The van der Waals surface area contributed by atoms with E-state index >= 15 is 0 Å². The van der Waals surface area contributed by atoms with Crippen LogP contribution in [0, 0.1) is 5.82 Å². The van der Waals surface area contributed by atoms with Gasteiger partial charge in [-0.1, -0.05) is 25.1 Å². The largest absolute Gasteiger partial charge is 0.462 e. The van der Waals surface area contributed by atoms with Gasteiger partial charge in [0.2, 0.25) is 0 Å². The number of allylic oxidation sites excluding steroid dienone is 1. The molecule has 0 aliphatic carbocycles. The number of carbonyl (C=O) groups excluding carboxylic acids is 2. The standard InChI is InChI=1S/C15H17FN2O3/c1-3-8-21-14(19)12-9(2)17-15(20)18-13(12)10-6-4-5-7-11(10)16/h4-7,13H,3,8H2,1-2H3,(H2,17,18,20). The van der Waals surface area contributed by atoms with Gasteiger partial charge in [-0.2, -0.15) is 0 Å². The maximum atomic E-state index is 14.0. The van der Waals surface area contributed by atoms with Gasteiger partial charge in [-0.15, -0.1) is 0 Å². The van der Waals surface area contributed by atoms with Gasteiger partial charge in [0.25, 0.3) is 0 Å². The van der Waals surface area contributed by atoms with E-state index in [0.717, 1.165) is 0 Å². The first-order chi connectivity index (χ1) is 10.0. The normalized spacial score (nSPS) is 18.0. The van der Waals surface area contributed by atoms with Crippen molar-refractivity contribution in [3.05, 3.63) is 46.9 Å². The fourth-order valence-corrected chi connectivity index (χ4v) is 2.18. The maximum absolute atomic E-state index is 14.0. The molecule has 2 rings (SSSR count). The van der Waals surface area contributed by atoms with Crippen molar-refractivity contribution in [1.82, 2.24) is 10.6 Å². The zero-order chi connectivity index (χ0) is 15.4. The molecule has 2 amide bonds.